The van der Waals surface area contributed by atoms with E-state index in [1.54, 1.807) is 12.1 Å². The van der Waals surface area contributed by atoms with Crippen LogP contribution in [0.4, 0.5) is 0 Å². The second-order valence-corrected chi connectivity index (χ2v) is 7.72. The SMILES string of the molecule is O=C1CCCc2cc(S(=O)(=O)N3CCC(C(=O)O)C3)ccc21. The predicted molar refractivity (Wildman–Crippen MR) is 78.2 cm³/mol. The van der Waals surface area contributed by atoms with Gasteiger partial charge in [-0.3, -0.25) is 9.59 Å². The number of hydrogen-bond acceptors (Lipinski definition) is 4. The number of benzene rings is 1. The summed E-state index contributed by atoms with van der Waals surface area (Å²) in [6, 6.07) is 4.59. The Hall–Kier alpha value is -1.73. The molecule has 22 heavy (non-hydrogen) atoms. The number of hydrogen-bond donors (Lipinski definition) is 1. The molecule has 1 aromatic carbocycles. The topological polar surface area (TPSA) is 91.8 Å². The summed E-state index contributed by atoms with van der Waals surface area (Å²) in [6.45, 7) is 0.225. The van der Waals surface area contributed by atoms with Crippen molar-refractivity contribution in [1.29, 1.82) is 0 Å². The Morgan fingerprint density at radius 2 is 2.05 bits per heavy atom. The van der Waals surface area contributed by atoms with Crippen molar-refractivity contribution in [3.63, 3.8) is 0 Å². The Morgan fingerprint density at radius 3 is 2.73 bits per heavy atom. The van der Waals surface area contributed by atoms with Gasteiger partial charge in [0.15, 0.2) is 5.78 Å². The van der Waals surface area contributed by atoms with Gasteiger partial charge in [-0.25, -0.2) is 8.42 Å². The highest BCUT2D eigenvalue weighted by molar-refractivity contribution is 7.89. The number of sulfonamides is 1. The van der Waals surface area contributed by atoms with Gasteiger partial charge in [0.2, 0.25) is 10.0 Å². The lowest BCUT2D eigenvalue weighted by atomic mass is 9.91. The molecule has 0 saturated carbocycles. The Bertz CT molecular complexity index is 740. The van der Waals surface area contributed by atoms with Crippen molar-refractivity contribution in [3.05, 3.63) is 29.3 Å². The van der Waals surface area contributed by atoms with Crippen LogP contribution in [0.5, 0.6) is 0 Å². The van der Waals surface area contributed by atoms with Gasteiger partial charge in [0.1, 0.15) is 0 Å². The maximum Gasteiger partial charge on any atom is 0.307 e. The molecule has 2 aliphatic rings. The van der Waals surface area contributed by atoms with Crippen LogP contribution in [0.25, 0.3) is 0 Å². The van der Waals surface area contributed by atoms with Crippen LogP contribution in [-0.4, -0.2) is 42.7 Å². The third kappa shape index (κ3) is 2.55. The molecule has 0 spiro atoms. The molecule has 1 aliphatic heterocycles. The number of carbonyl (C=O) groups is 2. The van der Waals surface area contributed by atoms with Gasteiger partial charge in [-0.2, -0.15) is 4.31 Å². The normalized spacial score (nSPS) is 22.5. The molecule has 0 radical (unpaired) electrons. The number of rotatable bonds is 3. The first kappa shape index (κ1) is 15.2. The van der Waals surface area contributed by atoms with Crippen molar-refractivity contribution in [2.75, 3.05) is 13.1 Å². The average Bonchev–Trinajstić information content (AvgIpc) is 2.98. The fourth-order valence-electron chi connectivity index (χ4n) is 3.08. The van der Waals surface area contributed by atoms with Crippen molar-refractivity contribution >= 4 is 21.8 Å². The molecule has 1 saturated heterocycles. The average molecular weight is 323 g/mol. The van der Waals surface area contributed by atoms with Gasteiger partial charge in [0, 0.05) is 25.1 Å². The Balaban J connectivity index is 1.90. The lowest BCUT2D eigenvalue weighted by Crippen LogP contribution is -2.30. The van der Waals surface area contributed by atoms with Gasteiger partial charge in [0.25, 0.3) is 0 Å². The molecule has 1 fully saturated rings. The third-order valence-corrected chi connectivity index (χ3v) is 6.23. The van der Waals surface area contributed by atoms with Gasteiger partial charge >= 0.3 is 5.97 Å². The summed E-state index contributed by atoms with van der Waals surface area (Å²) in [5.41, 5.74) is 1.38. The summed E-state index contributed by atoms with van der Waals surface area (Å²) >= 11 is 0. The van der Waals surface area contributed by atoms with Crippen LogP contribution in [0.1, 0.15) is 35.2 Å². The van der Waals surface area contributed by atoms with Crippen molar-refractivity contribution in [2.24, 2.45) is 5.92 Å². The molecule has 7 heteroatoms. The van der Waals surface area contributed by atoms with Crippen LogP contribution in [0.2, 0.25) is 0 Å². The molecule has 1 unspecified atom stereocenters. The number of fused-ring (bicyclic) bond motifs is 1. The molecule has 0 aromatic heterocycles. The zero-order valence-corrected chi connectivity index (χ0v) is 12.8. The van der Waals surface area contributed by atoms with Gasteiger partial charge in [-0.05, 0) is 43.0 Å². The fraction of sp³-hybridized carbons (Fsp3) is 0.467. The minimum Gasteiger partial charge on any atom is -0.481 e. The monoisotopic (exact) mass is 323 g/mol. The van der Waals surface area contributed by atoms with Crippen LogP contribution in [-0.2, 0) is 21.2 Å². The molecule has 1 aromatic rings. The maximum atomic E-state index is 12.6. The summed E-state index contributed by atoms with van der Waals surface area (Å²) in [4.78, 5) is 22.9. The van der Waals surface area contributed by atoms with Gasteiger partial charge in [-0.15, -0.1) is 0 Å². The number of carboxylic acids is 1. The zero-order valence-electron chi connectivity index (χ0n) is 12.0. The highest BCUT2D eigenvalue weighted by Crippen LogP contribution is 2.28. The quantitative estimate of drug-likeness (QED) is 0.905. The molecule has 1 heterocycles. The lowest BCUT2D eigenvalue weighted by molar-refractivity contribution is -0.141. The number of aryl methyl sites for hydroxylation is 1. The zero-order chi connectivity index (χ0) is 15.9. The van der Waals surface area contributed by atoms with Crippen molar-refractivity contribution in [3.8, 4) is 0 Å². The molecule has 0 bridgehead atoms. The molecule has 118 valence electrons. The Labute approximate surface area is 128 Å². The third-order valence-electron chi connectivity index (χ3n) is 4.37. The number of carbonyl (C=O) groups excluding carboxylic acids is 1. The van der Waals surface area contributed by atoms with E-state index in [9.17, 15) is 18.0 Å². The number of Topliss-reactive ketones (excluding diaryl/α,β-unsaturated/α-hetero) is 1. The second-order valence-electron chi connectivity index (χ2n) is 5.78. The molecule has 0 amide bonds. The van der Waals surface area contributed by atoms with Crippen molar-refractivity contribution < 1.29 is 23.1 Å². The minimum absolute atomic E-state index is 0.00762. The van der Waals surface area contributed by atoms with E-state index < -0.39 is 21.9 Å². The molecule has 1 aliphatic carbocycles. The summed E-state index contributed by atoms with van der Waals surface area (Å²) in [5.74, 6) is -1.56. The van der Waals surface area contributed by atoms with Crippen LogP contribution in [0, 0.1) is 5.92 Å². The molecule has 3 rings (SSSR count). The highest BCUT2D eigenvalue weighted by atomic mass is 32.2. The summed E-state index contributed by atoms with van der Waals surface area (Å²) in [5, 5.41) is 9.00. The smallest absolute Gasteiger partial charge is 0.307 e. The summed E-state index contributed by atoms with van der Waals surface area (Å²) in [6.07, 6.45) is 2.27. The first-order valence-electron chi connectivity index (χ1n) is 7.28. The highest BCUT2D eigenvalue weighted by Gasteiger charge is 2.36. The Kier molecular flexibility index (Phi) is 3.78. The summed E-state index contributed by atoms with van der Waals surface area (Å²) in [7, 11) is -3.70. The minimum atomic E-state index is -3.70. The number of nitrogens with zero attached hydrogens (tertiary/aromatic N) is 1. The Morgan fingerprint density at radius 1 is 1.27 bits per heavy atom. The molecular formula is C15H17NO5S. The molecule has 6 nitrogen and oxygen atoms in total. The standard InChI is InChI=1S/C15H17NO5S/c17-14-3-1-2-10-8-12(4-5-13(10)14)22(20,21)16-7-6-11(9-16)15(18)19/h4-5,8,11H,1-3,6-7,9H2,(H,18,19). The molecule has 1 atom stereocenters. The van der Waals surface area contributed by atoms with Gasteiger partial charge in [-0.1, -0.05) is 0 Å². The first-order chi connectivity index (χ1) is 10.4. The molecular weight excluding hydrogens is 306 g/mol. The van der Waals surface area contributed by atoms with Crippen LogP contribution in [0.3, 0.4) is 0 Å². The largest absolute Gasteiger partial charge is 0.481 e. The van der Waals surface area contributed by atoms with E-state index in [1.165, 1.54) is 10.4 Å². The van der Waals surface area contributed by atoms with Crippen molar-refractivity contribution in [1.82, 2.24) is 4.31 Å². The van der Waals surface area contributed by atoms with E-state index >= 15 is 0 Å². The van der Waals surface area contributed by atoms with Crippen LogP contribution in [0.15, 0.2) is 23.1 Å². The summed E-state index contributed by atoms with van der Waals surface area (Å²) < 4.78 is 26.5. The number of aliphatic carboxylic acids is 1. The van der Waals surface area contributed by atoms with Gasteiger partial charge < -0.3 is 5.11 Å². The lowest BCUT2D eigenvalue weighted by Gasteiger charge is -2.19. The second kappa shape index (κ2) is 5.48. The predicted octanol–water partition coefficient (Wildman–Crippen LogP) is 1.30. The maximum absolute atomic E-state index is 12.6. The van der Waals surface area contributed by atoms with E-state index in [2.05, 4.69) is 0 Å². The van der Waals surface area contributed by atoms with Crippen LogP contribution < -0.4 is 0 Å². The van der Waals surface area contributed by atoms with E-state index in [4.69, 9.17) is 5.11 Å². The first-order valence-corrected chi connectivity index (χ1v) is 8.72. The van der Waals surface area contributed by atoms with E-state index in [-0.39, 0.29) is 23.8 Å². The van der Waals surface area contributed by atoms with Crippen LogP contribution >= 0.6 is 0 Å². The van der Waals surface area contributed by atoms with Crippen molar-refractivity contribution in [2.45, 2.75) is 30.6 Å². The number of ketones is 1. The van der Waals surface area contributed by atoms with E-state index in [1.807, 2.05) is 0 Å². The number of carboxylic acid groups (broad SMARTS) is 1. The molecule has 1 N–H and O–H groups in total. The van der Waals surface area contributed by atoms with Gasteiger partial charge in [0.05, 0.1) is 10.8 Å². The van der Waals surface area contributed by atoms with E-state index in [0.717, 1.165) is 12.0 Å². The van der Waals surface area contributed by atoms with E-state index in [0.29, 0.717) is 24.8 Å². The fourth-order valence-corrected chi connectivity index (χ4v) is 4.63.